The molecule has 0 aliphatic heterocycles. The molecule has 2 aromatic carbocycles. The molecular weight excluding hydrogens is 458 g/mol. The van der Waals surface area contributed by atoms with Gasteiger partial charge in [0.2, 0.25) is 0 Å². The maximum atomic E-state index is 13.1. The fourth-order valence-electron chi connectivity index (χ4n) is 3.38. The van der Waals surface area contributed by atoms with Crippen molar-refractivity contribution >= 4 is 59.7 Å². The van der Waals surface area contributed by atoms with Gasteiger partial charge in [-0.25, -0.2) is 13.4 Å². The summed E-state index contributed by atoms with van der Waals surface area (Å²) >= 11 is 7.53. The van der Waals surface area contributed by atoms with Crippen LogP contribution < -0.4 is 5.32 Å². The van der Waals surface area contributed by atoms with Gasteiger partial charge in [-0.05, 0) is 49.9 Å². The van der Waals surface area contributed by atoms with Gasteiger partial charge in [-0.3, -0.25) is 10.1 Å². The molecule has 0 bridgehead atoms. The molecule has 0 unspecified atom stereocenters. The van der Waals surface area contributed by atoms with E-state index in [0.717, 1.165) is 42.2 Å². The van der Waals surface area contributed by atoms with E-state index in [4.69, 9.17) is 16.4 Å². The number of carbonyl (C=O) groups excluding carboxylic acids is 1. The van der Waals surface area contributed by atoms with E-state index in [0.29, 0.717) is 10.7 Å². The van der Waals surface area contributed by atoms with Gasteiger partial charge >= 0.3 is 0 Å². The number of amides is 1. The fraction of sp³-hybridized carbons (Fsp3) is 0.286. The molecule has 1 saturated carbocycles. The molecule has 0 spiro atoms. The number of para-hydroxylation sites is 1. The van der Waals surface area contributed by atoms with Crippen molar-refractivity contribution in [2.24, 2.45) is 5.16 Å². The van der Waals surface area contributed by atoms with Crippen LogP contribution in [-0.2, 0) is 19.5 Å². The molecule has 0 radical (unpaired) electrons. The highest BCUT2D eigenvalue weighted by Gasteiger charge is 2.22. The topological polar surface area (TPSA) is 97.7 Å². The number of hydrogen-bond acceptors (Lipinski definition) is 7. The van der Waals surface area contributed by atoms with Crippen molar-refractivity contribution in [1.29, 1.82) is 0 Å². The second-order valence-corrected chi connectivity index (χ2v) is 10.7. The smallest absolute Gasteiger partial charge is 0.280 e. The molecule has 0 saturated heterocycles. The first-order chi connectivity index (χ1) is 14.8. The zero-order valence-electron chi connectivity index (χ0n) is 16.7. The zero-order chi connectivity index (χ0) is 22.0. The summed E-state index contributed by atoms with van der Waals surface area (Å²) in [6.45, 7) is 0. The molecule has 162 valence electrons. The molecule has 1 aliphatic rings. The molecule has 1 aromatic heterocycles. The number of anilines is 1. The number of fused-ring (bicyclic) bond motifs is 1. The van der Waals surface area contributed by atoms with Crippen LogP contribution in [0.5, 0.6) is 0 Å². The van der Waals surface area contributed by atoms with Gasteiger partial charge in [0.1, 0.15) is 6.10 Å². The molecule has 1 amide bonds. The van der Waals surface area contributed by atoms with Gasteiger partial charge in [0.25, 0.3) is 5.91 Å². The van der Waals surface area contributed by atoms with Crippen LogP contribution in [0, 0.1) is 0 Å². The Bertz CT molecular complexity index is 1230. The highest BCUT2D eigenvalue weighted by molar-refractivity contribution is 7.90. The second kappa shape index (κ2) is 8.94. The van der Waals surface area contributed by atoms with Crippen LogP contribution in [0.4, 0.5) is 5.13 Å². The normalized spacial score (nSPS) is 15.4. The van der Waals surface area contributed by atoms with Crippen molar-refractivity contribution in [2.45, 2.75) is 36.7 Å². The maximum absolute atomic E-state index is 13.1. The largest absolute Gasteiger partial charge is 0.392 e. The summed E-state index contributed by atoms with van der Waals surface area (Å²) in [6, 6.07) is 11.8. The number of halogens is 1. The van der Waals surface area contributed by atoms with Crippen LogP contribution in [-0.4, -0.2) is 37.4 Å². The highest BCUT2D eigenvalue weighted by atomic mass is 35.5. The first-order valence-corrected chi connectivity index (χ1v) is 12.8. The van der Waals surface area contributed by atoms with Crippen molar-refractivity contribution in [3.63, 3.8) is 0 Å². The predicted octanol–water partition coefficient (Wildman–Crippen LogP) is 4.66. The van der Waals surface area contributed by atoms with Gasteiger partial charge in [-0.15, -0.1) is 0 Å². The van der Waals surface area contributed by atoms with E-state index < -0.39 is 15.7 Å². The van der Waals surface area contributed by atoms with Gasteiger partial charge in [0, 0.05) is 11.8 Å². The minimum Gasteiger partial charge on any atom is -0.392 e. The zero-order valence-corrected chi connectivity index (χ0v) is 19.1. The number of hydrogen-bond donors (Lipinski definition) is 1. The third kappa shape index (κ3) is 5.06. The summed E-state index contributed by atoms with van der Waals surface area (Å²) in [5.41, 5.74) is 1.14. The summed E-state index contributed by atoms with van der Waals surface area (Å²) in [5.74, 6) is -0.514. The lowest BCUT2D eigenvalue weighted by Crippen LogP contribution is -2.25. The molecule has 7 nitrogen and oxygen atoms in total. The SMILES string of the molecule is CS(=O)(=O)c1ccc(/C(=N/OC2CCCC2)C(=O)Nc2nc3ccccc3s2)cc1Cl. The molecule has 3 aromatic rings. The second-order valence-electron chi connectivity index (χ2n) is 7.31. The summed E-state index contributed by atoms with van der Waals surface area (Å²) in [7, 11) is -3.50. The summed E-state index contributed by atoms with van der Waals surface area (Å²) in [6.07, 6.45) is 4.90. The Morgan fingerprint density at radius 1 is 1.23 bits per heavy atom. The molecule has 10 heteroatoms. The van der Waals surface area contributed by atoms with E-state index >= 15 is 0 Å². The lowest BCUT2D eigenvalue weighted by atomic mass is 10.1. The van der Waals surface area contributed by atoms with Gasteiger partial charge in [-0.2, -0.15) is 0 Å². The number of thiazole rings is 1. The Balaban J connectivity index is 1.65. The Morgan fingerprint density at radius 3 is 2.65 bits per heavy atom. The van der Waals surface area contributed by atoms with Gasteiger partial charge < -0.3 is 4.84 Å². The van der Waals surface area contributed by atoms with Crippen LogP contribution in [0.1, 0.15) is 31.2 Å². The van der Waals surface area contributed by atoms with Crippen molar-refractivity contribution in [2.75, 3.05) is 11.6 Å². The molecule has 1 N–H and O–H groups in total. The number of oxime groups is 1. The molecule has 1 heterocycles. The van der Waals surface area contributed by atoms with Crippen LogP contribution >= 0.6 is 22.9 Å². The van der Waals surface area contributed by atoms with E-state index in [1.165, 1.54) is 29.5 Å². The number of rotatable bonds is 6. The fourth-order valence-corrected chi connectivity index (χ4v) is 5.57. The minimum absolute atomic E-state index is 0.00751. The van der Waals surface area contributed by atoms with E-state index in [1.807, 2.05) is 24.3 Å². The Labute approximate surface area is 189 Å². The van der Waals surface area contributed by atoms with Crippen LogP contribution in [0.2, 0.25) is 5.02 Å². The average Bonchev–Trinajstić information content (AvgIpc) is 3.36. The Morgan fingerprint density at radius 2 is 1.97 bits per heavy atom. The molecule has 4 rings (SSSR count). The average molecular weight is 478 g/mol. The lowest BCUT2D eigenvalue weighted by molar-refractivity contribution is -0.110. The molecule has 0 atom stereocenters. The number of benzene rings is 2. The monoisotopic (exact) mass is 477 g/mol. The number of aromatic nitrogens is 1. The van der Waals surface area contributed by atoms with E-state index in [2.05, 4.69) is 15.5 Å². The molecule has 1 aliphatic carbocycles. The molecule has 1 fully saturated rings. The van der Waals surface area contributed by atoms with Crippen molar-refractivity contribution in [3.8, 4) is 0 Å². The highest BCUT2D eigenvalue weighted by Crippen LogP contribution is 2.27. The van der Waals surface area contributed by atoms with Crippen molar-refractivity contribution in [3.05, 3.63) is 53.1 Å². The third-order valence-corrected chi connectivity index (χ3v) is 7.46. The van der Waals surface area contributed by atoms with E-state index in [9.17, 15) is 13.2 Å². The maximum Gasteiger partial charge on any atom is 0.280 e. The number of carbonyl (C=O) groups is 1. The number of sulfone groups is 1. The van der Waals surface area contributed by atoms with Crippen LogP contribution in [0.3, 0.4) is 0 Å². The standard InChI is InChI=1S/C21H20ClN3O4S2/c1-31(27,28)18-11-10-13(12-15(18)22)19(25-29-14-6-2-3-7-14)20(26)24-21-23-16-8-4-5-9-17(16)30-21/h4-5,8-12,14H,2-3,6-7H2,1H3,(H,23,24,26)/b25-19-. The van der Waals surface area contributed by atoms with Crippen LogP contribution in [0.25, 0.3) is 10.2 Å². The lowest BCUT2D eigenvalue weighted by Gasteiger charge is -2.11. The van der Waals surface area contributed by atoms with Crippen molar-refractivity contribution in [1.82, 2.24) is 4.98 Å². The summed E-state index contributed by atoms with van der Waals surface area (Å²) in [4.78, 5) is 23.1. The Hall–Kier alpha value is -2.49. The minimum atomic E-state index is -3.50. The quantitative estimate of drug-likeness (QED) is 0.411. The van der Waals surface area contributed by atoms with Crippen LogP contribution in [0.15, 0.2) is 52.5 Å². The molecular formula is C21H20ClN3O4S2. The third-order valence-electron chi connectivity index (χ3n) is 4.93. The predicted molar refractivity (Wildman–Crippen MR) is 123 cm³/mol. The summed E-state index contributed by atoms with van der Waals surface area (Å²) < 4.78 is 24.7. The first-order valence-electron chi connectivity index (χ1n) is 9.72. The van der Waals surface area contributed by atoms with E-state index in [1.54, 1.807) is 0 Å². The van der Waals surface area contributed by atoms with Gasteiger partial charge in [0.05, 0.1) is 20.1 Å². The first kappa shape index (κ1) is 21.7. The van der Waals surface area contributed by atoms with Gasteiger partial charge in [0.15, 0.2) is 20.7 Å². The number of nitrogens with one attached hydrogen (secondary N) is 1. The van der Waals surface area contributed by atoms with Gasteiger partial charge in [-0.1, -0.05) is 46.3 Å². The van der Waals surface area contributed by atoms with E-state index in [-0.39, 0.29) is 21.7 Å². The molecule has 31 heavy (non-hydrogen) atoms. The summed E-state index contributed by atoms with van der Waals surface area (Å²) in [5, 5.41) is 7.34. The number of nitrogens with zero attached hydrogens (tertiary/aromatic N) is 2. The Kier molecular flexibility index (Phi) is 6.27. The van der Waals surface area contributed by atoms with Crippen molar-refractivity contribution < 1.29 is 18.0 Å².